The minimum Gasteiger partial charge on any atom is -0.292 e. The number of hydrogen-bond donors (Lipinski definition) is 1. The van der Waals surface area contributed by atoms with Crippen molar-refractivity contribution in [1.29, 1.82) is 0 Å². The average molecular weight is 368 g/mol. The van der Waals surface area contributed by atoms with E-state index >= 15 is 0 Å². The van der Waals surface area contributed by atoms with Gasteiger partial charge in [-0.05, 0) is 19.1 Å². The number of rotatable bonds is 5. The van der Waals surface area contributed by atoms with Crippen LogP contribution in [0.25, 0.3) is 11.3 Å². The number of amides is 2. The Hall–Kier alpha value is -2.44. The highest BCUT2D eigenvalue weighted by molar-refractivity contribution is 8.01. The summed E-state index contributed by atoms with van der Waals surface area (Å²) in [4.78, 5) is 28.4. The molecule has 0 radical (unpaired) electrons. The van der Waals surface area contributed by atoms with Gasteiger partial charge in [0.2, 0.25) is 5.91 Å². The Balaban J connectivity index is 1.54. The lowest BCUT2D eigenvalue weighted by molar-refractivity contribution is -0.117. The molecule has 4 nitrogen and oxygen atoms in total. The molecular formula is C19H16N2O2S2. The standard InChI is InChI=1S/C19H16N2O2S2/c1-13-7-9-14(10-8-13)16-11-24-19(20-16)25-12-17(22)21-18(23)15-5-3-2-4-6-15/h2-11H,12H2,1H3,(H,21,22,23). The fourth-order valence-electron chi connectivity index (χ4n) is 2.13. The van der Waals surface area contributed by atoms with Gasteiger partial charge in [0, 0.05) is 16.5 Å². The van der Waals surface area contributed by atoms with Crippen LogP contribution >= 0.6 is 23.1 Å². The molecule has 0 aliphatic heterocycles. The molecule has 0 saturated carbocycles. The third-order valence-corrected chi connectivity index (χ3v) is 5.47. The predicted octanol–water partition coefficient (Wildman–Crippen LogP) is 4.17. The summed E-state index contributed by atoms with van der Waals surface area (Å²) in [6.45, 7) is 2.04. The lowest BCUT2D eigenvalue weighted by Crippen LogP contribution is -2.31. The van der Waals surface area contributed by atoms with E-state index in [0.717, 1.165) is 15.6 Å². The molecule has 0 bridgehead atoms. The summed E-state index contributed by atoms with van der Waals surface area (Å²) in [5.74, 6) is -0.559. The van der Waals surface area contributed by atoms with Gasteiger partial charge in [-0.25, -0.2) is 4.98 Å². The van der Waals surface area contributed by atoms with Gasteiger partial charge >= 0.3 is 0 Å². The molecular weight excluding hydrogens is 352 g/mol. The number of carbonyl (C=O) groups excluding carboxylic acids is 2. The second-order valence-electron chi connectivity index (χ2n) is 5.40. The Morgan fingerprint density at radius 2 is 1.80 bits per heavy atom. The first-order chi connectivity index (χ1) is 12.1. The predicted molar refractivity (Wildman–Crippen MR) is 102 cm³/mol. The van der Waals surface area contributed by atoms with E-state index in [1.807, 2.05) is 42.6 Å². The number of nitrogens with one attached hydrogen (secondary N) is 1. The highest BCUT2D eigenvalue weighted by Gasteiger charge is 2.12. The van der Waals surface area contributed by atoms with Crippen molar-refractivity contribution in [2.24, 2.45) is 0 Å². The van der Waals surface area contributed by atoms with Crippen molar-refractivity contribution < 1.29 is 9.59 Å². The molecule has 0 saturated heterocycles. The van der Waals surface area contributed by atoms with Gasteiger partial charge in [0.25, 0.3) is 5.91 Å². The SMILES string of the molecule is Cc1ccc(-c2csc(SCC(=O)NC(=O)c3ccccc3)n2)cc1. The summed E-state index contributed by atoms with van der Waals surface area (Å²) < 4.78 is 0.804. The topological polar surface area (TPSA) is 59.1 Å². The van der Waals surface area contributed by atoms with E-state index in [4.69, 9.17) is 0 Å². The van der Waals surface area contributed by atoms with E-state index < -0.39 is 0 Å². The molecule has 0 aliphatic rings. The van der Waals surface area contributed by atoms with Gasteiger partial charge in [-0.1, -0.05) is 59.8 Å². The highest BCUT2D eigenvalue weighted by atomic mass is 32.2. The van der Waals surface area contributed by atoms with Crippen LogP contribution in [0.15, 0.2) is 64.3 Å². The molecule has 0 unspecified atom stereocenters. The second-order valence-corrected chi connectivity index (χ2v) is 7.48. The van der Waals surface area contributed by atoms with Crippen molar-refractivity contribution in [3.05, 3.63) is 71.1 Å². The smallest absolute Gasteiger partial charge is 0.257 e. The molecule has 1 aromatic heterocycles. The third-order valence-electron chi connectivity index (χ3n) is 3.45. The molecule has 2 aromatic carbocycles. The lowest BCUT2D eigenvalue weighted by Gasteiger charge is -2.03. The number of thiazole rings is 1. The van der Waals surface area contributed by atoms with Crippen molar-refractivity contribution in [1.82, 2.24) is 10.3 Å². The summed E-state index contributed by atoms with van der Waals surface area (Å²) in [5, 5.41) is 4.36. The molecule has 3 aromatic rings. The zero-order chi connectivity index (χ0) is 17.6. The largest absolute Gasteiger partial charge is 0.292 e. The first-order valence-corrected chi connectivity index (χ1v) is 9.53. The minimum absolute atomic E-state index is 0.152. The van der Waals surface area contributed by atoms with Gasteiger partial charge < -0.3 is 0 Å². The van der Waals surface area contributed by atoms with E-state index in [1.54, 1.807) is 24.3 Å². The molecule has 2 amide bonds. The number of carbonyl (C=O) groups is 2. The molecule has 0 spiro atoms. The van der Waals surface area contributed by atoms with Crippen LogP contribution in [0.4, 0.5) is 0 Å². The van der Waals surface area contributed by atoms with E-state index in [-0.39, 0.29) is 17.6 Å². The summed E-state index contributed by atoms with van der Waals surface area (Å²) in [7, 11) is 0. The molecule has 0 atom stereocenters. The third kappa shape index (κ3) is 4.78. The summed E-state index contributed by atoms with van der Waals surface area (Å²) in [6, 6.07) is 16.8. The Labute approximate surface area is 154 Å². The fraction of sp³-hybridized carbons (Fsp3) is 0.105. The van der Waals surface area contributed by atoms with Gasteiger partial charge in [0.1, 0.15) is 0 Å². The molecule has 0 fully saturated rings. The monoisotopic (exact) mass is 368 g/mol. The van der Waals surface area contributed by atoms with Crippen molar-refractivity contribution in [2.75, 3.05) is 5.75 Å². The van der Waals surface area contributed by atoms with Crippen LogP contribution in [-0.4, -0.2) is 22.6 Å². The first kappa shape index (κ1) is 17.4. The summed E-state index contributed by atoms with van der Waals surface area (Å²) in [5.41, 5.74) is 3.62. The van der Waals surface area contributed by atoms with Crippen LogP contribution in [-0.2, 0) is 4.79 Å². The van der Waals surface area contributed by atoms with Crippen LogP contribution in [0.3, 0.4) is 0 Å². The van der Waals surface area contributed by atoms with Crippen LogP contribution < -0.4 is 5.32 Å². The summed E-state index contributed by atoms with van der Waals surface area (Å²) >= 11 is 2.82. The number of thioether (sulfide) groups is 1. The molecule has 1 heterocycles. The number of aryl methyl sites for hydroxylation is 1. The zero-order valence-corrected chi connectivity index (χ0v) is 15.2. The molecule has 126 valence electrons. The van der Waals surface area contributed by atoms with Crippen molar-refractivity contribution >= 4 is 34.9 Å². The van der Waals surface area contributed by atoms with Gasteiger partial charge in [-0.2, -0.15) is 0 Å². The van der Waals surface area contributed by atoms with E-state index in [2.05, 4.69) is 10.3 Å². The van der Waals surface area contributed by atoms with Crippen LogP contribution in [0.1, 0.15) is 15.9 Å². The number of imide groups is 1. The second kappa shape index (κ2) is 8.09. The number of nitrogens with zero attached hydrogens (tertiary/aromatic N) is 1. The van der Waals surface area contributed by atoms with Crippen molar-refractivity contribution in [3.63, 3.8) is 0 Å². The first-order valence-electron chi connectivity index (χ1n) is 7.66. The molecule has 3 rings (SSSR count). The van der Waals surface area contributed by atoms with Crippen molar-refractivity contribution in [3.8, 4) is 11.3 Å². The van der Waals surface area contributed by atoms with E-state index in [1.165, 1.54) is 28.7 Å². The van der Waals surface area contributed by atoms with Crippen LogP contribution in [0.2, 0.25) is 0 Å². The molecule has 0 aliphatic carbocycles. The molecule has 25 heavy (non-hydrogen) atoms. The Bertz CT molecular complexity index is 874. The number of benzene rings is 2. The Kier molecular flexibility index (Phi) is 5.63. The van der Waals surface area contributed by atoms with Gasteiger partial charge in [0.05, 0.1) is 11.4 Å². The van der Waals surface area contributed by atoms with Crippen LogP contribution in [0, 0.1) is 6.92 Å². The van der Waals surface area contributed by atoms with Gasteiger partial charge in [-0.3, -0.25) is 14.9 Å². The molecule has 1 N–H and O–H groups in total. The number of hydrogen-bond acceptors (Lipinski definition) is 5. The minimum atomic E-state index is -0.384. The summed E-state index contributed by atoms with van der Waals surface area (Å²) in [6.07, 6.45) is 0. The van der Waals surface area contributed by atoms with Gasteiger partial charge in [0.15, 0.2) is 4.34 Å². The Morgan fingerprint density at radius 1 is 1.08 bits per heavy atom. The molecule has 6 heteroatoms. The maximum absolute atomic E-state index is 11.9. The van der Waals surface area contributed by atoms with E-state index in [9.17, 15) is 9.59 Å². The van der Waals surface area contributed by atoms with Crippen molar-refractivity contribution in [2.45, 2.75) is 11.3 Å². The maximum Gasteiger partial charge on any atom is 0.257 e. The average Bonchev–Trinajstić information content (AvgIpc) is 3.10. The quantitative estimate of drug-likeness (QED) is 0.687. The zero-order valence-electron chi connectivity index (χ0n) is 13.6. The lowest BCUT2D eigenvalue weighted by atomic mass is 10.1. The fourth-order valence-corrected chi connectivity index (χ4v) is 3.77. The number of aromatic nitrogens is 1. The maximum atomic E-state index is 11.9. The Morgan fingerprint density at radius 3 is 2.52 bits per heavy atom. The van der Waals surface area contributed by atoms with Gasteiger partial charge in [-0.15, -0.1) is 11.3 Å². The normalized spacial score (nSPS) is 10.4. The highest BCUT2D eigenvalue weighted by Crippen LogP contribution is 2.28. The van der Waals surface area contributed by atoms with Crippen LogP contribution in [0.5, 0.6) is 0 Å². The van der Waals surface area contributed by atoms with E-state index in [0.29, 0.717) is 5.56 Å².